The maximum atomic E-state index is 6.75. The Morgan fingerprint density at radius 1 is 0.925 bits per heavy atom. The van der Waals surface area contributed by atoms with Crippen LogP contribution in [0.3, 0.4) is 0 Å². The normalized spacial score (nSPS) is 9.80. The van der Waals surface area contributed by atoms with E-state index in [1.54, 1.807) is 0 Å². The van der Waals surface area contributed by atoms with Crippen LogP contribution in [0.25, 0.3) is 27.2 Å². The zero-order chi connectivity index (χ0) is 29.6. The minimum atomic E-state index is -1.19. The first-order chi connectivity index (χ1) is 18.6. The third kappa shape index (κ3) is 19.7. The summed E-state index contributed by atoms with van der Waals surface area (Å²) in [7, 11) is -2.20. The van der Waals surface area contributed by atoms with Gasteiger partial charge in [-0.15, -0.1) is 47.7 Å². The monoisotopic (exact) mass is 600 g/mol. The Morgan fingerprint density at radius 2 is 1.40 bits per heavy atom. The number of nitrogens with zero attached hydrogens (tertiary/aromatic N) is 6. The molecule has 208 valence electrons. The van der Waals surface area contributed by atoms with Crippen molar-refractivity contribution in [2.45, 2.75) is 57.7 Å². The molecule has 0 atom stereocenters. The van der Waals surface area contributed by atoms with Crippen LogP contribution in [0.4, 0.5) is 0 Å². The second-order valence-electron chi connectivity index (χ2n) is 10.1. The quantitative estimate of drug-likeness (QED) is 0.0677. The smallest absolute Gasteiger partial charge is 0.373 e. The molecule has 0 N–H and O–H groups in total. The molecule has 0 radical (unpaired) electrons. The molecular formula is C30H42ClN6NaSi2. The van der Waals surface area contributed by atoms with E-state index in [0.717, 1.165) is 42.1 Å². The zero-order valence-corrected chi connectivity index (χ0v) is 29.6. The Labute approximate surface area is 270 Å². The second kappa shape index (κ2) is 23.4. The number of aryl methyl sites for hydroxylation is 1. The van der Waals surface area contributed by atoms with Crippen molar-refractivity contribution in [3.05, 3.63) is 113 Å². The van der Waals surface area contributed by atoms with Gasteiger partial charge in [0.25, 0.3) is 0 Å². The predicted molar refractivity (Wildman–Crippen MR) is 175 cm³/mol. The minimum absolute atomic E-state index is 0. The van der Waals surface area contributed by atoms with E-state index < -0.39 is 16.1 Å². The molecule has 0 unspecified atom stereocenters. The summed E-state index contributed by atoms with van der Waals surface area (Å²) in [4.78, 5) is 1.50. The zero-order valence-electron chi connectivity index (χ0n) is 24.8. The first-order valence-electron chi connectivity index (χ1n) is 12.9. The molecule has 10 heteroatoms. The van der Waals surface area contributed by atoms with Crippen LogP contribution in [0.1, 0.15) is 18.4 Å². The van der Waals surface area contributed by atoms with Crippen molar-refractivity contribution in [2.24, 2.45) is 0 Å². The Hall–Kier alpha value is -2.35. The number of halogens is 1. The van der Waals surface area contributed by atoms with Crippen LogP contribution in [0.5, 0.6) is 0 Å². The van der Waals surface area contributed by atoms with Crippen LogP contribution in [0, 0.1) is 12.3 Å². The third-order valence-electron chi connectivity index (χ3n) is 5.82. The standard InChI is InChI=1S/C15H21N3Si.C8H6.C7H15ClSi.N3.Na/c1-4-19(2,3)12-8-11-18-13-15(16-17-18)14-9-6-5-7-10-14;1-2-8-6-4-3-5-7-8;1-4-9(2,3)7-5-6-8;1-3-2;/h4-7,9-10,13H,1,8,11-12H2,2-3H3;1,3-7H;4H,1,5-7H2,2-3H3;;/q;;;-1;+1. The van der Waals surface area contributed by atoms with E-state index in [1.807, 2.05) is 59.4 Å². The topological polar surface area (TPSA) is 89.4 Å². The molecule has 3 rings (SSSR count). The Bertz CT molecular complexity index is 1160. The summed E-state index contributed by atoms with van der Waals surface area (Å²) in [6, 6.07) is 22.3. The minimum Gasteiger partial charge on any atom is -0.373 e. The molecule has 0 saturated carbocycles. The molecule has 0 saturated heterocycles. The van der Waals surface area contributed by atoms with Gasteiger partial charge in [-0.05, 0) is 25.0 Å². The SMILES string of the molecule is C#Cc1ccccc1.C=C[Si](C)(C)CCCCl.C=C[Si](C)(C)CCCn1cc(-c2ccccc2)nn1.[N-]=[N+]=[N-].[Na+]. The number of terminal acetylenes is 1. The van der Waals surface area contributed by atoms with Crippen molar-refractivity contribution in [1.29, 1.82) is 0 Å². The summed E-state index contributed by atoms with van der Waals surface area (Å²) in [5.41, 5.74) is 20.8. The average molecular weight is 601 g/mol. The van der Waals surface area contributed by atoms with Crippen molar-refractivity contribution in [3.8, 4) is 23.6 Å². The van der Waals surface area contributed by atoms with E-state index in [0.29, 0.717) is 0 Å². The van der Waals surface area contributed by atoms with E-state index in [1.165, 1.54) is 17.0 Å². The first-order valence-corrected chi connectivity index (χ1v) is 20.0. The molecule has 1 aromatic heterocycles. The summed E-state index contributed by atoms with van der Waals surface area (Å²) in [5.74, 6) is 3.32. The van der Waals surface area contributed by atoms with E-state index in [4.69, 9.17) is 29.1 Å². The van der Waals surface area contributed by atoms with Crippen molar-refractivity contribution >= 4 is 27.7 Å². The van der Waals surface area contributed by atoms with Crippen LogP contribution in [-0.4, -0.2) is 37.0 Å². The van der Waals surface area contributed by atoms with Crippen LogP contribution in [0.2, 0.25) is 38.3 Å². The molecule has 0 spiro atoms. The molecule has 0 amide bonds. The maximum absolute atomic E-state index is 6.75. The van der Waals surface area contributed by atoms with Gasteiger partial charge < -0.3 is 11.1 Å². The van der Waals surface area contributed by atoms with Gasteiger partial charge in [-0.3, -0.25) is 9.59 Å². The number of benzene rings is 2. The number of hydrogen-bond acceptors (Lipinski definition) is 2. The Kier molecular flexibility index (Phi) is 23.2. The van der Waals surface area contributed by atoms with Gasteiger partial charge in [-0.1, -0.05) is 97.9 Å². The van der Waals surface area contributed by atoms with Gasteiger partial charge in [0.2, 0.25) is 0 Å². The van der Waals surface area contributed by atoms with Gasteiger partial charge >= 0.3 is 29.6 Å². The maximum Gasteiger partial charge on any atom is 1.00 e. The molecular weight excluding hydrogens is 559 g/mol. The second-order valence-corrected chi connectivity index (χ2v) is 20.3. The van der Waals surface area contributed by atoms with E-state index in [-0.39, 0.29) is 29.6 Å². The third-order valence-corrected chi connectivity index (χ3v) is 11.6. The van der Waals surface area contributed by atoms with Gasteiger partial charge in [0.1, 0.15) is 5.69 Å². The van der Waals surface area contributed by atoms with Crippen molar-refractivity contribution in [1.82, 2.24) is 15.0 Å². The van der Waals surface area contributed by atoms with Gasteiger partial charge in [0.15, 0.2) is 0 Å². The molecule has 40 heavy (non-hydrogen) atoms. The number of alkyl halides is 1. The average Bonchev–Trinajstić information content (AvgIpc) is 3.43. The Balaban J connectivity index is 0. The van der Waals surface area contributed by atoms with Crippen LogP contribution in [-0.2, 0) is 6.54 Å². The molecule has 0 bridgehead atoms. The predicted octanol–water partition coefficient (Wildman–Crippen LogP) is 6.36. The molecule has 0 fully saturated rings. The van der Waals surface area contributed by atoms with Gasteiger partial charge in [0.05, 0.1) is 22.3 Å². The molecule has 0 aliphatic heterocycles. The van der Waals surface area contributed by atoms with Crippen molar-refractivity contribution in [3.63, 3.8) is 0 Å². The molecule has 0 aliphatic rings. The number of hydrogen-bond donors (Lipinski definition) is 0. The van der Waals surface area contributed by atoms with Gasteiger partial charge in [-0.25, -0.2) is 0 Å². The fourth-order valence-corrected chi connectivity index (χ4v) is 6.03. The summed E-state index contributed by atoms with van der Waals surface area (Å²) >= 11 is 5.55. The largest absolute Gasteiger partial charge is 1.00 e. The van der Waals surface area contributed by atoms with E-state index >= 15 is 0 Å². The van der Waals surface area contributed by atoms with Crippen molar-refractivity contribution < 1.29 is 29.6 Å². The molecule has 6 nitrogen and oxygen atoms in total. The van der Waals surface area contributed by atoms with Gasteiger partial charge in [0, 0.05) is 23.6 Å². The van der Waals surface area contributed by atoms with Crippen LogP contribution < -0.4 is 29.6 Å². The fraction of sp³-hybridized carbons (Fsp3) is 0.333. The first kappa shape index (κ1) is 39.8. The number of aromatic nitrogens is 3. The van der Waals surface area contributed by atoms with E-state index in [9.17, 15) is 0 Å². The van der Waals surface area contributed by atoms with Crippen LogP contribution >= 0.6 is 11.6 Å². The van der Waals surface area contributed by atoms with Crippen LogP contribution in [0.15, 0.2) is 91.4 Å². The molecule has 3 aromatic rings. The molecule has 1 heterocycles. The fourth-order valence-electron chi connectivity index (χ4n) is 3.11. The van der Waals surface area contributed by atoms with Crippen molar-refractivity contribution in [2.75, 3.05) is 5.88 Å². The summed E-state index contributed by atoms with van der Waals surface area (Å²) in [5, 5.41) is 8.42. The molecule has 0 aliphatic carbocycles. The summed E-state index contributed by atoms with van der Waals surface area (Å²) in [6.07, 6.45) is 9.41. The van der Waals surface area contributed by atoms with E-state index in [2.05, 4.69) is 79.1 Å². The summed E-state index contributed by atoms with van der Waals surface area (Å²) in [6.45, 7) is 18.0. The summed E-state index contributed by atoms with van der Waals surface area (Å²) < 4.78 is 1.94. The number of rotatable bonds is 10. The molecule has 2 aromatic carbocycles. The Morgan fingerprint density at radius 3 is 1.82 bits per heavy atom. The van der Waals surface area contributed by atoms with Gasteiger partial charge in [-0.2, -0.15) is 0 Å².